The van der Waals surface area contributed by atoms with Crippen molar-refractivity contribution in [2.24, 2.45) is 0 Å². The van der Waals surface area contributed by atoms with Gasteiger partial charge in [-0.3, -0.25) is 9.78 Å². The number of sulfone groups is 1. The van der Waals surface area contributed by atoms with Gasteiger partial charge in [-0.15, -0.1) is 11.3 Å². The first kappa shape index (κ1) is 21.0. The number of fused-ring (bicyclic) bond motifs is 1. The molecule has 7 nitrogen and oxygen atoms in total. The van der Waals surface area contributed by atoms with E-state index in [0.717, 1.165) is 15.6 Å². The van der Waals surface area contributed by atoms with Crippen molar-refractivity contribution in [2.75, 3.05) is 0 Å². The summed E-state index contributed by atoms with van der Waals surface area (Å²) in [5.74, 6) is -0.177. The highest BCUT2D eigenvalue weighted by Gasteiger charge is 2.18. The molecule has 0 saturated heterocycles. The van der Waals surface area contributed by atoms with Gasteiger partial charge in [0, 0.05) is 31.3 Å². The molecule has 5 aromatic rings. The molecule has 2 aromatic carbocycles. The molecule has 0 unspecified atom stereocenters. The topological polar surface area (TPSA) is 94.0 Å². The highest BCUT2D eigenvalue weighted by molar-refractivity contribution is 7.91. The molecule has 3 aromatic heterocycles. The Morgan fingerprint density at radius 2 is 1.82 bits per heavy atom. The minimum Gasteiger partial charge on any atom is -0.347 e. The van der Waals surface area contributed by atoms with Gasteiger partial charge in [0.1, 0.15) is 0 Å². The molecular weight excluding hydrogens is 456 g/mol. The lowest BCUT2D eigenvalue weighted by atomic mass is 10.2. The molecule has 1 N–H and O–H groups in total. The van der Waals surface area contributed by atoms with Crippen molar-refractivity contribution < 1.29 is 13.2 Å². The largest absolute Gasteiger partial charge is 0.347 e. The molecule has 0 bridgehead atoms. The SMILES string of the molecule is O=C(NCc1ccc(S(=O)(=O)c2cccc(-n3cccn3)c2)cc1)c1cc2ccncc2s1. The molecule has 164 valence electrons. The van der Waals surface area contributed by atoms with Crippen LogP contribution in [0, 0.1) is 0 Å². The highest BCUT2D eigenvalue weighted by Crippen LogP contribution is 2.25. The van der Waals surface area contributed by atoms with Crippen LogP contribution in [-0.4, -0.2) is 29.1 Å². The molecule has 0 saturated carbocycles. The molecule has 0 fully saturated rings. The molecule has 9 heteroatoms. The molecular formula is C24H18N4O3S2. The lowest BCUT2D eigenvalue weighted by Crippen LogP contribution is -2.21. The second kappa shape index (κ2) is 8.61. The third-order valence-corrected chi connectivity index (χ3v) is 7.98. The Morgan fingerprint density at radius 3 is 2.58 bits per heavy atom. The summed E-state index contributed by atoms with van der Waals surface area (Å²) < 4.78 is 28.8. The van der Waals surface area contributed by atoms with Crippen LogP contribution in [0.25, 0.3) is 15.8 Å². The summed E-state index contributed by atoms with van der Waals surface area (Å²) in [7, 11) is -3.69. The zero-order chi connectivity index (χ0) is 22.8. The number of amides is 1. The van der Waals surface area contributed by atoms with Crippen LogP contribution in [0.3, 0.4) is 0 Å². The van der Waals surface area contributed by atoms with Gasteiger partial charge in [-0.2, -0.15) is 5.10 Å². The predicted molar refractivity (Wildman–Crippen MR) is 126 cm³/mol. The van der Waals surface area contributed by atoms with Gasteiger partial charge in [0.05, 0.1) is 25.1 Å². The van der Waals surface area contributed by atoms with Gasteiger partial charge in [-0.05, 0) is 59.5 Å². The minimum atomic E-state index is -3.69. The fraction of sp³-hybridized carbons (Fsp3) is 0.0417. The first-order valence-corrected chi connectivity index (χ1v) is 12.4. The van der Waals surface area contributed by atoms with E-state index in [1.165, 1.54) is 11.3 Å². The van der Waals surface area contributed by atoms with E-state index in [-0.39, 0.29) is 15.7 Å². The van der Waals surface area contributed by atoms with Crippen LogP contribution in [0.4, 0.5) is 0 Å². The smallest absolute Gasteiger partial charge is 0.261 e. The molecule has 3 heterocycles. The number of carbonyl (C=O) groups excluding carboxylic acids is 1. The zero-order valence-corrected chi connectivity index (χ0v) is 18.9. The average Bonchev–Trinajstić information content (AvgIpc) is 3.53. The van der Waals surface area contributed by atoms with Crippen LogP contribution < -0.4 is 5.32 Å². The Kier molecular flexibility index (Phi) is 5.49. The van der Waals surface area contributed by atoms with E-state index >= 15 is 0 Å². The van der Waals surface area contributed by atoms with Crippen LogP contribution in [-0.2, 0) is 16.4 Å². The summed E-state index contributed by atoms with van der Waals surface area (Å²) in [5, 5.41) is 8.01. The van der Waals surface area contributed by atoms with Gasteiger partial charge in [-0.1, -0.05) is 18.2 Å². The van der Waals surface area contributed by atoms with E-state index in [1.54, 1.807) is 84.1 Å². The lowest BCUT2D eigenvalue weighted by molar-refractivity contribution is 0.0955. The fourth-order valence-corrected chi connectivity index (χ4v) is 5.65. The van der Waals surface area contributed by atoms with E-state index in [0.29, 0.717) is 17.1 Å². The predicted octanol–water partition coefficient (Wildman–Crippen LogP) is 4.24. The van der Waals surface area contributed by atoms with Gasteiger partial charge < -0.3 is 5.32 Å². The quantitative estimate of drug-likeness (QED) is 0.397. The summed E-state index contributed by atoms with van der Waals surface area (Å²) in [6, 6.07) is 18.7. The van der Waals surface area contributed by atoms with E-state index < -0.39 is 9.84 Å². The number of aromatic nitrogens is 3. The van der Waals surface area contributed by atoms with Gasteiger partial charge in [-0.25, -0.2) is 13.1 Å². The molecule has 33 heavy (non-hydrogen) atoms. The maximum absolute atomic E-state index is 13.1. The maximum Gasteiger partial charge on any atom is 0.261 e. The van der Waals surface area contributed by atoms with Crippen LogP contribution in [0.15, 0.2) is 101 Å². The van der Waals surface area contributed by atoms with Crippen molar-refractivity contribution >= 4 is 37.2 Å². The average molecular weight is 475 g/mol. The fourth-order valence-electron chi connectivity index (χ4n) is 3.40. The summed E-state index contributed by atoms with van der Waals surface area (Å²) in [6.45, 7) is 0.292. The van der Waals surface area contributed by atoms with Gasteiger partial charge >= 0.3 is 0 Å². The molecule has 0 aliphatic rings. The second-order valence-corrected chi connectivity index (χ2v) is 10.3. The third-order valence-electron chi connectivity index (χ3n) is 5.13. The number of hydrogen-bond acceptors (Lipinski definition) is 6. The van der Waals surface area contributed by atoms with Crippen molar-refractivity contribution in [3.05, 3.63) is 102 Å². The standard InChI is InChI=1S/C24H18N4O3S2/c29-24(22-13-18-9-11-25-16-23(18)32-22)26-15-17-5-7-20(8-6-17)33(30,31)21-4-1-3-19(14-21)28-12-2-10-27-28/h1-14,16H,15H2,(H,26,29). The molecule has 0 aliphatic carbocycles. The van der Waals surface area contributed by atoms with Gasteiger partial charge in [0.25, 0.3) is 5.91 Å². The number of benzene rings is 2. The number of nitrogens with one attached hydrogen (secondary N) is 1. The molecule has 5 rings (SSSR count). The Hall–Kier alpha value is -3.82. The van der Waals surface area contributed by atoms with Crippen molar-refractivity contribution in [3.63, 3.8) is 0 Å². The molecule has 1 amide bonds. The van der Waals surface area contributed by atoms with E-state index in [9.17, 15) is 13.2 Å². The van der Waals surface area contributed by atoms with Gasteiger partial charge in [0.2, 0.25) is 9.84 Å². The number of carbonyl (C=O) groups is 1. The Morgan fingerprint density at radius 1 is 0.970 bits per heavy atom. The first-order chi connectivity index (χ1) is 16.0. The normalized spacial score (nSPS) is 11.5. The summed E-state index contributed by atoms with van der Waals surface area (Å²) >= 11 is 1.38. The highest BCUT2D eigenvalue weighted by atomic mass is 32.2. The lowest BCUT2D eigenvalue weighted by Gasteiger charge is -2.09. The minimum absolute atomic E-state index is 0.177. The van der Waals surface area contributed by atoms with Crippen LogP contribution in [0.5, 0.6) is 0 Å². The van der Waals surface area contributed by atoms with Crippen molar-refractivity contribution in [3.8, 4) is 5.69 Å². The number of thiophene rings is 1. The van der Waals surface area contributed by atoms with Crippen molar-refractivity contribution in [1.82, 2.24) is 20.1 Å². The van der Waals surface area contributed by atoms with Crippen LogP contribution in [0.1, 0.15) is 15.2 Å². The summed E-state index contributed by atoms with van der Waals surface area (Å²) in [4.78, 5) is 17.6. The molecule has 0 aliphatic heterocycles. The zero-order valence-electron chi connectivity index (χ0n) is 17.3. The monoisotopic (exact) mass is 474 g/mol. The van der Waals surface area contributed by atoms with Crippen molar-refractivity contribution in [2.45, 2.75) is 16.3 Å². The number of hydrogen-bond donors (Lipinski definition) is 1. The first-order valence-electron chi connectivity index (χ1n) is 10.1. The number of pyridine rings is 1. The van der Waals surface area contributed by atoms with Gasteiger partial charge in [0.15, 0.2) is 0 Å². The van der Waals surface area contributed by atoms with E-state index in [1.807, 2.05) is 12.1 Å². The van der Waals surface area contributed by atoms with Crippen LogP contribution in [0.2, 0.25) is 0 Å². The van der Waals surface area contributed by atoms with E-state index in [2.05, 4.69) is 15.4 Å². The van der Waals surface area contributed by atoms with E-state index in [4.69, 9.17) is 0 Å². The number of nitrogens with zero attached hydrogens (tertiary/aromatic N) is 3. The molecule has 0 atom stereocenters. The Bertz CT molecular complexity index is 1510. The maximum atomic E-state index is 13.1. The van der Waals surface area contributed by atoms with Crippen LogP contribution >= 0.6 is 11.3 Å². The Balaban J connectivity index is 1.30. The Labute approximate surface area is 194 Å². The number of rotatable bonds is 6. The van der Waals surface area contributed by atoms with Crippen molar-refractivity contribution in [1.29, 1.82) is 0 Å². The summed E-state index contributed by atoms with van der Waals surface area (Å²) in [6.07, 6.45) is 6.82. The summed E-state index contributed by atoms with van der Waals surface area (Å²) in [5.41, 5.74) is 1.47. The second-order valence-electron chi connectivity index (χ2n) is 7.30. The third kappa shape index (κ3) is 4.28. The molecule has 0 spiro atoms. The molecule has 0 radical (unpaired) electrons.